The number of aromatic hydroxyl groups is 1. The lowest BCUT2D eigenvalue weighted by Crippen LogP contribution is -2.07. The zero-order valence-corrected chi connectivity index (χ0v) is 15.3. The Morgan fingerprint density at radius 1 is 1.18 bits per heavy atom. The highest BCUT2D eigenvalue weighted by atomic mass is 19.1. The van der Waals surface area contributed by atoms with E-state index in [2.05, 4.69) is 10.5 Å². The molecule has 9 nitrogen and oxygen atoms in total. The first kappa shape index (κ1) is 20.7. The maximum Gasteiger partial charge on any atom is 0.301 e. The van der Waals surface area contributed by atoms with Crippen LogP contribution >= 0.6 is 0 Å². The molecule has 0 radical (unpaired) electrons. The van der Waals surface area contributed by atoms with Crippen LogP contribution in [0, 0.1) is 26.0 Å². The fraction of sp³-hybridized carbons (Fsp3) is 0.278. The van der Waals surface area contributed by atoms with Crippen molar-refractivity contribution in [2.75, 3.05) is 5.43 Å². The number of benzene rings is 2. The first-order valence-corrected chi connectivity index (χ1v) is 8.55. The first-order valence-electron chi connectivity index (χ1n) is 8.55. The fourth-order valence-electron chi connectivity index (χ4n) is 2.60. The van der Waals surface area contributed by atoms with E-state index in [0.29, 0.717) is 30.5 Å². The van der Waals surface area contributed by atoms with Gasteiger partial charge in [0.25, 0.3) is 5.69 Å². The molecular formula is C18H19FN4O5. The molecule has 2 aromatic rings. The summed E-state index contributed by atoms with van der Waals surface area (Å²) in [6, 6.07) is 5.60. The summed E-state index contributed by atoms with van der Waals surface area (Å²) in [5, 5.41) is 36.3. The Morgan fingerprint density at radius 3 is 2.46 bits per heavy atom. The molecule has 28 heavy (non-hydrogen) atoms. The van der Waals surface area contributed by atoms with E-state index in [0.717, 1.165) is 12.1 Å². The molecule has 0 atom stereocenters. The molecule has 2 rings (SSSR count). The zero-order valence-electron chi connectivity index (χ0n) is 15.3. The van der Waals surface area contributed by atoms with Crippen LogP contribution in [0.3, 0.4) is 0 Å². The van der Waals surface area contributed by atoms with Gasteiger partial charge in [-0.15, -0.1) is 0 Å². The maximum absolute atomic E-state index is 14.1. The summed E-state index contributed by atoms with van der Waals surface area (Å²) < 4.78 is 14.1. The van der Waals surface area contributed by atoms with E-state index >= 15 is 0 Å². The third-order valence-corrected chi connectivity index (χ3v) is 4.04. The van der Waals surface area contributed by atoms with E-state index in [1.165, 1.54) is 18.2 Å². The standard InChI is InChI=1S/C18H19FN4O5/c1-3-5-15(13-10-14(19)11(4-2)8-18(13)24)20-21-16-7-6-12(22(25)26)9-17(16)23(27)28/h6-10,21,24H,3-5H2,1-2H3/b20-15+. The lowest BCUT2D eigenvalue weighted by molar-refractivity contribution is -0.393. The second-order valence-electron chi connectivity index (χ2n) is 5.95. The molecule has 2 aromatic carbocycles. The van der Waals surface area contributed by atoms with Crippen LogP contribution in [-0.4, -0.2) is 20.7 Å². The summed E-state index contributed by atoms with van der Waals surface area (Å²) in [5.74, 6) is -0.633. The Labute approximate surface area is 159 Å². The molecule has 0 bridgehead atoms. The van der Waals surface area contributed by atoms with E-state index in [1.807, 2.05) is 6.92 Å². The number of aryl methyl sites for hydroxylation is 1. The molecule has 0 saturated carbocycles. The Morgan fingerprint density at radius 2 is 1.89 bits per heavy atom. The number of hydrazone groups is 1. The molecule has 0 saturated heterocycles. The minimum Gasteiger partial charge on any atom is -0.507 e. The highest BCUT2D eigenvalue weighted by molar-refractivity contribution is 6.03. The van der Waals surface area contributed by atoms with Gasteiger partial charge in [0, 0.05) is 11.6 Å². The van der Waals surface area contributed by atoms with Crippen molar-refractivity contribution in [2.45, 2.75) is 33.1 Å². The van der Waals surface area contributed by atoms with Gasteiger partial charge < -0.3 is 5.11 Å². The van der Waals surface area contributed by atoms with Gasteiger partial charge in [-0.2, -0.15) is 5.10 Å². The van der Waals surface area contributed by atoms with Gasteiger partial charge in [0.15, 0.2) is 0 Å². The highest BCUT2D eigenvalue weighted by Crippen LogP contribution is 2.30. The summed E-state index contributed by atoms with van der Waals surface area (Å²) in [5.41, 5.74) is 2.33. The molecule has 0 fully saturated rings. The van der Waals surface area contributed by atoms with E-state index in [-0.39, 0.29) is 17.0 Å². The van der Waals surface area contributed by atoms with Gasteiger partial charge in [-0.05, 0) is 36.6 Å². The molecule has 0 aromatic heterocycles. The average molecular weight is 390 g/mol. The third kappa shape index (κ3) is 4.58. The zero-order chi connectivity index (χ0) is 20.8. The van der Waals surface area contributed by atoms with Crippen molar-refractivity contribution in [1.29, 1.82) is 0 Å². The molecule has 0 aliphatic carbocycles. The molecular weight excluding hydrogens is 371 g/mol. The maximum atomic E-state index is 14.1. The number of nitro benzene ring substituents is 2. The number of non-ortho nitro benzene ring substituents is 1. The fourth-order valence-corrected chi connectivity index (χ4v) is 2.60. The summed E-state index contributed by atoms with van der Waals surface area (Å²) >= 11 is 0. The van der Waals surface area contributed by atoms with Gasteiger partial charge >= 0.3 is 5.69 Å². The molecule has 10 heteroatoms. The topological polar surface area (TPSA) is 131 Å². The summed E-state index contributed by atoms with van der Waals surface area (Å²) in [7, 11) is 0. The summed E-state index contributed by atoms with van der Waals surface area (Å²) in [6.45, 7) is 3.62. The lowest BCUT2D eigenvalue weighted by Gasteiger charge is -2.11. The minimum absolute atomic E-state index is 0.0608. The summed E-state index contributed by atoms with van der Waals surface area (Å²) in [6.07, 6.45) is 1.40. The number of halogens is 1. The quantitative estimate of drug-likeness (QED) is 0.387. The Balaban J connectivity index is 2.45. The van der Waals surface area contributed by atoms with Gasteiger partial charge in [0.05, 0.1) is 21.6 Å². The largest absolute Gasteiger partial charge is 0.507 e. The molecule has 0 spiro atoms. The first-order chi connectivity index (χ1) is 13.3. The Hall–Kier alpha value is -3.56. The van der Waals surface area contributed by atoms with Gasteiger partial charge in [0.1, 0.15) is 17.3 Å². The Kier molecular flexibility index (Phi) is 6.59. The predicted octanol–water partition coefficient (Wildman–Crippen LogP) is 4.53. The van der Waals surface area contributed by atoms with E-state index < -0.39 is 27.0 Å². The smallest absolute Gasteiger partial charge is 0.301 e. The molecule has 0 unspecified atom stereocenters. The van der Waals surface area contributed by atoms with Gasteiger partial charge in [-0.3, -0.25) is 25.7 Å². The predicted molar refractivity (Wildman–Crippen MR) is 102 cm³/mol. The molecule has 148 valence electrons. The molecule has 0 aliphatic rings. The lowest BCUT2D eigenvalue weighted by atomic mass is 10.0. The highest BCUT2D eigenvalue weighted by Gasteiger charge is 2.20. The number of nitrogens with zero attached hydrogens (tertiary/aromatic N) is 3. The molecule has 0 amide bonds. The monoisotopic (exact) mass is 390 g/mol. The Bertz CT molecular complexity index is 946. The minimum atomic E-state index is -0.766. The van der Waals surface area contributed by atoms with Crippen LogP contribution in [0.15, 0.2) is 35.4 Å². The van der Waals surface area contributed by atoms with Crippen molar-refractivity contribution >= 4 is 22.8 Å². The van der Waals surface area contributed by atoms with Crippen LogP contribution in [0.1, 0.15) is 37.8 Å². The third-order valence-electron chi connectivity index (χ3n) is 4.04. The van der Waals surface area contributed by atoms with Gasteiger partial charge in [-0.1, -0.05) is 20.3 Å². The van der Waals surface area contributed by atoms with Crippen molar-refractivity contribution in [3.8, 4) is 5.75 Å². The van der Waals surface area contributed by atoms with E-state index in [1.54, 1.807) is 6.92 Å². The van der Waals surface area contributed by atoms with Crippen LogP contribution in [0.25, 0.3) is 0 Å². The van der Waals surface area contributed by atoms with Crippen molar-refractivity contribution in [3.63, 3.8) is 0 Å². The second kappa shape index (κ2) is 8.89. The summed E-state index contributed by atoms with van der Waals surface area (Å²) in [4.78, 5) is 20.5. The van der Waals surface area contributed by atoms with Crippen molar-refractivity contribution < 1.29 is 19.3 Å². The van der Waals surface area contributed by atoms with Crippen molar-refractivity contribution in [1.82, 2.24) is 0 Å². The van der Waals surface area contributed by atoms with Crippen LogP contribution in [-0.2, 0) is 6.42 Å². The SMILES string of the molecule is CCC/C(=N\Nc1ccc([N+](=O)[O-])cc1[N+](=O)[O-])c1cc(F)c(CC)cc1O. The van der Waals surface area contributed by atoms with Crippen molar-refractivity contribution in [2.24, 2.45) is 5.10 Å². The number of rotatable bonds is 8. The number of hydrogen-bond donors (Lipinski definition) is 2. The number of nitro groups is 2. The molecule has 0 heterocycles. The van der Waals surface area contributed by atoms with Crippen LogP contribution < -0.4 is 5.43 Å². The number of phenolic OH excluding ortho intramolecular Hbond substituents is 1. The van der Waals surface area contributed by atoms with Crippen molar-refractivity contribution in [3.05, 3.63) is 67.5 Å². The second-order valence-corrected chi connectivity index (χ2v) is 5.95. The molecule has 2 N–H and O–H groups in total. The van der Waals surface area contributed by atoms with Gasteiger partial charge in [-0.25, -0.2) is 4.39 Å². The number of phenols is 1. The van der Waals surface area contributed by atoms with Crippen LogP contribution in [0.2, 0.25) is 0 Å². The van der Waals surface area contributed by atoms with Crippen LogP contribution in [0.5, 0.6) is 5.75 Å². The van der Waals surface area contributed by atoms with Crippen LogP contribution in [0.4, 0.5) is 21.5 Å². The normalized spacial score (nSPS) is 11.3. The average Bonchev–Trinajstić information content (AvgIpc) is 2.66. The number of hydrogen-bond acceptors (Lipinski definition) is 7. The van der Waals surface area contributed by atoms with E-state index in [9.17, 15) is 29.7 Å². The molecule has 0 aliphatic heterocycles. The van der Waals surface area contributed by atoms with E-state index in [4.69, 9.17) is 0 Å². The number of nitrogens with one attached hydrogen (secondary N) is 1. The number of anilines is 1. The van der Waals surface area contributed by atoms with Gasteiger partial charge in [0.2, 0.25) is 0 Å².